The van der Waals surface area contributed by atoms with Gasteiger partial charge in [-0.1, -0.05) is 49.3 Å². The second-order valence-electron chi connectivity index (χ2n) is 4.99. The first-order valence-electron chi connectivity index (χ1n) is 7.09. The molecule has 4 heteroatoms. The van der Waals surface area contributed by atoms with Crippen LogP contribution in [-0.2, 0) is 14.3 Å². The average molecular weight is 368 g/mol. The standard InChI is InChI=1S/C14H25IO3/c1-3-5-6-11(4-2)14(16)17-10-13-8-7-12(9-15)18-13/h11-13H,3-10H2,1-2H3/t11?,12-,13-/m0/s1. The number of halogens is 1. The normalized spacial score (nSPS) is 25.1. The minimum atomic E-state index is -0.0347. The fourth-order valence-corrected chi connectivity index (χ4v) is 2.90. The van der Waals surface area contributed by atoms with Crippen LogP contribution in [0.1, 0.15) is 52.4 Å². The highest BCUT2D eigenvalue weighted by Gasteiger charge is 2.26. The van der Waals surface area contributed by atoms with Crippen molar-refractivity contribution in [2.75, 3.05) is 11.0 Å². The van der Waals surface area contributed by atoms with Gasteiger partial charge >= 0.3 is 5.97 Å². The quantitative estimate of drug-likeness (QED) is 0.372. The molecular formula is C14H25IO3. The van der Waals surface area contributed by atoms with Gasteiger partial charge in [0.05, 0.1) is 18.1 Å². The summed E-state index contributed by atoms with van der Waals surface area (Å²) in [6, 6.07) is 0. The highest BCUT2D eigenvalue weighted by molar-refractivity contribution is 14.1. The molecule has 0 saturated carbocycles. The van der Waals surface area contributed by atoms with Crippen LogP contribution in [0.15, 0.2) is 0 Å². The van der Waals surface area contributed by atoms with Crippen molar-refractivity contribution in [2.45, 2.75) is 64.6 Å². The minimum Gasteiger partial charge on any atom is -0.463 e. The predicted octanol–water partition coefficient (Wildman–Crippen LogP) is 3.73. The summed E-state index contributed by atoms with van der Waals surface area (Å²) in [5.74, 6) is 0.0409. The van der Waals surface area contributed by atoms with E-state index in [1.54, 1.807) is 0 Å². The molecule has 0 radical (unpaired) electrons. The van der Waals surface area contributed by atoms with E-state index in [0.29, 0.717) is 12.7 Å². The topological polar surface area (TPSA) is 35.5 Å². The van der Waals surface area contributed by atoms with Gasteiger partial charge in [-0.05, 0) is 25.7 Å². The van der Waals surface area contributed by atoms with Crippen LogP contribution in [0.4, 0.5) is 0 Å². The second kappa shape index (κ2) is 9.13. The van der Waals surface area contributed by atoms with Gasteiger partial charge in [0.1, 0.15) is 6.61 Å². The number of hydrogen-bond donors (Lipinski definition) is 0. The van der Waals surface area contributed by atoms with Crippen LogP contribution in [-0.4, -0.2) is 29.2 Å². The van der Waals surface area contributed by atoms with E-state index in [4.69, 9.17) is 9.47 Å². The van der Waals surface area contributed by atoms with Gasteiger partial charge in [-0.15, -0.1) is 0 Å². The first-order chi connectivity index (χ1) is 8.71. The highest BCUT2D eigenvalue weighted by atomic mass is 127. The molecule has 1 rings (SSSR count). The van der Waals surface area contributed by atoms with Crippen molar-refractivity contribution in [1.82, 2.24) is 0 Å². The highest BCUT2D eigenvalue weighted by Crippen LogP contribution is 2.22. The van der Waals surface area contributed by atoms with E-state index in [-0.39, 0.29) is 18.0 Å². The summed E-state index contributed by atoms with van der Waals surface area (Å²) in [6.07, 6.45) is 6.66. The van der Waals surface area contributed by atoms with Gasteiger partial charge < -0.3 is 9.47 Å². The lowest BCUT2D eigenvalue weighted by Gasteiger charge is -2.16. The van der Waals surface area contributed by atoms with Crippen LogP contribution in [0.3, 0.4) is 0 Å². The molecule has 0 amide bonds. The molecular weight excluding hydrogens is 343 g/mol. The van der Waals surface area contributed by atoms with Gasteiger partial charge in [0.15, 0.2) is 0 Å². The Hall–Kier alpha value is 0.160. The number of esters is 1. The second-order valence-corrected chi connectivity index (χ2v) is 5.87. The van der Waals surface area contributed by atoms with Crippen LogP contribution in [0.2, 0.25) is 0 Å². The Morgan fingerprint density at radius 3 is 2.67 bits per heavy atom. The number of hydrogen-bond acceptors (Lipinski definition) is 3. The molecule has 1 aliphatic rings. The lowest BCUT2D eigenvalue weighted by Crippen LogP contribution is -2.24. The largest absolute Gasteiger partial charge is 0.463 e. The van der Waals surface area contributed by atoms with E-state index in [9.17, 15) is 4.79 Å². The fourth-order valence-electron chi connectivity index (χ4n) is 2.25. The third-order valence-corrected chi connectivity index (χ3v) is 4.49. The molecule has 1 aliphatic heterocycles. The summed E-state index contributed by atoms with van der Waals surface area (Å²) < 4.78 is 12.2. The summed E-state index contributed by atoms with van der Waals surface area (Å²) in [7, 11) is 0. The van der Waals surface area contributed by atoms with Crippen LogP contribution in [0, 0.1) is 5.92 Å². The maximum absolute atomic E-state index is 11.9. The zero-order valence-electron chi connectivity index (χ0n) is 11.5. The SMILES string of the molecule is CCCCC(CC)C(=O)OC[C@@H]1CC[C@@H](CI)O1. The number of unbranched alkanes of at least 4 members (excludes halogenated alkanes) is 1. The molecule has 0 bridgehead atoms. The Morgan fingerprint density at radius 2 is 2.11 bits per heavy atom. The molecule has 0 aromatic heterocycles. The molecule has 1 saturated heterocycles. The zero-order valence-corrected chi connectivity index (χ0v) is 13.6. The molecule has 0 aromatic rings. The van der Waals surface area contributed by atoms with E-state index in [1.807, 2.05) is 0 Å². The molecule has 0 spiro atoms. The maximum atomic E-state index is 11.9. The van der Waals surface area contributed by atoms with Gasteiger partial charge in [-0.3, -0.25) is 4.79 Å². The summed E-state index contributed by atoms with van der Waals surface area (Å²) in [4.78, 5) is 11.9. The van der Waals surface area contributed by atoms with Gasteiger partial charge in [-0.2, -0.15) is 0 Å². The van der Waals surface area contributed by atoms with E-state index < -0.39 is 0 Å². The van der Waals surface area contributed by atoms with E-state index in [1.165, 1.54) is 0 Å². The summed E-state index contributed by atoms with van der Waals surface area (Å²) >= 11 is 2.34. The molecule has 0 aliphatic carbocycles. The Labute approximate surface area is 124 Å². The lowest BCUT2D eigenvalue weighted by atomic mass is 10.00. The first kappa shape index (κ1) is 16.2. The molecule has 18 heavy (non-hydrogen) atoms. The fraction of sp³-hybridized carbons (Fsp3) is 0.929. The van der Waals surface area contributed by atoms with Crippen molar-refractivity contribution in [3.8, 4) is 0 Å². The molecule has 3 atom stereocenters. The number of carbonyl (C=O) groups is 1. The third-order valence-electron chi connectivity index (χ3n) is 3.51. The first-order valence-corrected chi connectivity index (χ1v) is 8.61. The molecule has 3 nitrogen and oxygen atoms in total. The molecule has 1 heterocycles. The molecule has 1 fully saturated rings. The maximum Gasteiger partial charge on any atom is 0.309 e. The Balaban J connectivity index is 2.23. The van der Waals surface area contributed by atoms with Crippen molar-refractivity contribution in [3.63, 3.8) is 0 Å². The van der Waals surface area contributed by atoms with Gasteiger partial charge in [0.25, 0.3) is 0 Å². The van der Waals surface area contributed by atoms with Crippen molar-refractivity contribution in [1.29, 1.82) is 0 Å². The summed E-state index contributed by atoms with van der Waals surface area (Å²) in [5, 5.41) is 0. The number of rotatable bonds is 8. The molecule has 106 valence electrons. The Kier molecular flexibility index (Phi) is 8.22. The zero-order chi connectivity index (χ0) is 13.4. The lowest BCUT2D eigenvalue weighted by molar-refractivity contribution is -0.152. The predicted molar refractivity (Wildman–Crippen MR) is 81.0 cm³/mol. The summed E-state index contributed by atoms with van der Waals surface area (Å²) in [6.45, 7) is 4.64. The van der Waals surface area contributed by atoms with Crippen LogP contribution in [0.5, 0.6) is 0 Å². The summed E-state index contributed by atoms with van der Waals surface area (Å²) in [5.41, 5.74) is 0. The van der Waals surface area contributed by atoms with Gasteiger partial charge in [0.2, 0.25) is 0 Å². The third kappa shape index (κ3) is 5.43. The van der Waals surface area contributed by atoms with Crippen molar-refractivity contribution < 1.29 is 14.3 Å². The molecule has 0 aromatic carbocycles. The van der Waals surface area contributed by atoms with E-state index >= 15 is 0 Å². The monoisotopic (exact) mass is 368 g/mol. The van der Waals surface area contributed by atoms with Crippen LogP contribution in [0.25, 0.3) is 0 Å². The molecule has 0 N–H and O–H groups in total. The van der Waals surface area contributed by atoms with Crippen LogP contribution >= 0.6 is 22.6 Å². The van der Waals surface area contributed by atoms with Gasteiger partial charge in [0, 0.05) is 4.43 Å². The molecule has 1 unspecified atom stereocenters. The van der Waals surface area contributed by atoms with Crippen molar-refractivity contribution >= 4 is 28.6 Å². The Bertz CT molecular complexity index is 245. The minimum absolute atomic E-state index is 0.0347. The van der Waals surface area contributed by atoms with Crippen LogP contribution < -0.4 is 0 Å². The van der Waals surface area contributed by atoms with Crippen molar-refractivity contribution in [2.24, 2.45) is 5.92 Å². The number of alkyl halides is 1. The number of carbonyl (C=O) groups excluding carboxylic acids is 1. The van der Waals surface area contributed by atoms with Gasteiger partial charge in [-0.25, -0.2) is 0 Å². The van der Waals surface area contributed by atoms with Crippen molar-refractivity contribution in [3.05, 3.63) is 0 Å². The van der Waals surface area contributed by atoms with E-state index in [0.717, 1.165) is 43.0 Å². The van der Waals surface area contributed by atoms with E-state index in [2.05, 4.69) is 36.4 Å². The average Bonchev–Trinajstić information content (AvgIpc) is 2.85. The smallest absolute Gasteiger partial charge is 0.309 e. The Morgan fingerprint density at radius 1 is 1.39 bits per heavy atom. The number of ether oxygens (including phenoxy) is 2.